The van der Waals surface area contributed by atoms with Crippen LogP contribution in [0, 0.1) is 0 Å². The van der Waals surface area contributed by atoms with Crippen molar-refractivity contribution < 1.29 is 0 Å². The molecule has 1 aromatic carbocycles. The summed E-state index contributed by atoms with van der Waals surface area (Å²) in [6, 6.07) is 13.4. The minimum atomic E-state index is -1.00. The molecule has 0 nitrogen and oxygen atoms in total. The summed E-state index contributed by atoms with van der Waals surface area (Å²) in [7, 11) is -1.00. The molecule has 0 radical (unpaired) electrons. The average Bonchev–Trinajstić information content (AvgIpc) is 2.17. The molecule has 1 heteroatoms. The lowest BCUT2D eigenvalue weighted by molar-refractivity contribution is 1.08. The van der Waals surface area contributed by atoms with Crippen LogP contribution < -0.4 is 0 Å². The van der Waals surface area contributed by atoms with Gasteiger partial charge in [0.15, 0.2) is 0 Å². The first-order valence-electron chi connectivity index (χ1n) is 5.29. The first-order valence-corrected chi connectivity index (χ1v) is 8.70. The molecule has 0 aliphatic rings. The van der Waals surface area contributed by atoms with Crippen LogP contribution in [0.1, 0.15) is 5.56 Å². The van der Waals surface area contributed by atoms with E-state index < -0.39 is 8.07 Å². The number of rotatable bonds is 5. The minimum Gasteiger partial charge on any atom is -0.103 e. The molecule has 0 aromatic heterocycles. The van der Waals surface area contributed by atoms with Crippen LogP contribution in [0.25, 0.3) is 0 Å². The highest BCUT2D eigenvalue weighted by molar-refractivity contribution is 6.77. The van der Waals surface area contributed by atoms with E-state index in [0.717, 1.165) is 0 Å². The molecular weight excluding hydrogens is 184 g/mol. The van der Waals surface area contributed by atoms with Crippen molar-refractivity contribution >= 4 is 8.07 Å². The maximum absolute atomic E-state index is 3.84. The molecule has 0 saturated heterocycles. The van der Waals surface area contributed by atoms with Crippen molar-refractivity contribution in [3.63, 3.8) is 0 Å². The summed E-state index contributed by atoms with van der Waals surface area (Å²) in [6.45, 7) is 8.72. The van der Waals surface area contributed by atoms with Crippen LogP contribution in [0.5, 0.6) is 0 Å². The Bertz CT molecular complexity index is 275. The maximum Gasteiger partial charge on any atom is 0.0514 e. The molecule has 0 spiro atoms. The molecule has 76 valence electrons. The topological polar surface area (TPSA) is 0 Å². The van der Waals surface area contributed by atoms with Crippen molar-refractivity contribution in [3.05, 3.63) is 48.6 Å². The number of hydrogen-bond donors (Lipinski definition) is 0. The number of benzene rings is 1. The Hall–Kier alpha value is -0.823. The van der Waals surface area contributed by atoms with E-state index in [-0.39, 0.29) is 0 Å². The summed E-state index contributed by atoms with van der Waals surface area (Å²) >= 11 is 0. The molecule has 0 unspecified atom stereocenters. The normalized spacial score (nSPS) is 11.3. The molecule has 1 aromatic rings. The van der Waals surface area contributed by atoms with Gasteiger partial charge in [0.1, 0.15) is 0 Å². The van der Waals surface area contributed by atoms with Crippen molar-refractivity contribution in [1.29, 1.82) is 0 Å². The van der Waals surface area contributed by atoms with Gasteiger partial charge in [0.2, 0.25) is 0 Å². The van der Waals surface area contributed by atoms with Crippen LogP contribution in [-0.4, -0.2) is 8.07 Å². The van der Waals surface area contributed by atoms with Gasteiger partial charge in [-0.3, -0.25) is 0 Å². The zero-order valence-electron chi connectivity index (χ0n) is 9.29. The second-order valence-electron chi connectivity index (χ2n) is 4.64. The Labute approximate surface area is 88.7 Å². The van der Waals surface area contributed by atoms with E-state index in [1.165, 1.54) is 24.1 Å². The van der Waals surface area contributed by atoms with Crippen LogP contribution in [0.4, 0.5) is 0 Å². The molecule has 0 fully saturated rings. The molecule has 0 heterocycles. The Kier molecular flexibility index (Phi) is 4.14. The SMILES string of the molecule is C=CC[Si](C)(C)CCc1ccccc1. The maximum atomic E-state index is 3.84. The Morgan fingerprint density at radius 3 is 2.43 bits per heavy atom. The second-order valence-corrected chi connectivity index (χ2v) is 9.88. The fraction of sp³-hybridized carbons (Fsp3) is 0.385. The molecule has 1 rings (SSSR count). The predicted molar refractivity (Wildman–Crippen MR) is 67.4 cm³/mol. The van der Waals surface area contributed by atoms with Gasteiger partial charge in [0.25, 0.3) is 0 Å². The molecule has 0 bridgehead atoms. The van der Waals surface area contributed by atoms with Crippen molar-refractivity contribution in [2.75, 3.05) is 0 Å². The molecule has 0 atom stereocenters. The second kappa shape index (κ2) is 5.16. The largest absolute Gasteiger partial charge is 0.103 e. The van der Waals surface area contributed by atoms with Crippen LogP contribution in [0.2, 0.25) is 25.2 Å². The first-order chi connectivity index (χ1) is 6.64. The van der Waals surface area contributed by atoms with E-state index in [1.54, 1.807) is 0 Å². The summed E-state index contributed by atoms with van der Waals surface area (Å²) in [5, 5.41) is 0. The lowest BCUT2D eigenvalue weighted by Crippen LogP contribution is -2.24. The van der Waals surface area contributed by atoms with E-state index in [4.69, 9.17) is 0 Å². The van der Waals surface area contributed by atoms with E-state index in [9.17, 15) is 0 Å². The quantitative estimate of drug-likeness (QED) is 0.500. The van der Waals surface area contributed by atoms with Gasteiger partial charge in [0, 0.05) is 0 Å². The summed E-state index contributed by atoms with van der Waals surface area (Å²) in [5.74, 6) is 0. The summed E-state index contributed by atoms with van der Waals surface area (Å²) < 4.78 is 0. The predicted octanol–water partition coefficient (Wildman–Crippen LogP) is 4.12. The van der Waals surface area contributed by atoms with Gasteiger partial charge in [-0.1, -0.05) is 55.5 Å². The summed E-state index contributed by atoms with van der Waals surface area (Å²) in [5.41, 5.74) is 1.47. The Morgan fingerprint density at radius 1 is 1.21 bits per heavy atom. The number of hydrogen-bond acceptors (Lipinski definition) is 0. The van der Waals surface area contributed by atoms with E-state index >= 15 is 0 Å². The molecular formula is C13H20Si. The third kappa shape index (κ3) is 3.92. The molecule has 0 amide bonds. The lowest BCUT2D eigenvalue weighted by atomic mass is 10.2. The molecule has 0 aliphatic heterocycles. The third-order valence-corrected chi connectivity index (χ3v) is 5.63. The van der Waals surface area contributed by atoms with Gasteiger partial charge in [-0.2, -0.15) is 0 Å². The fourth-order valence-corrected chi connectivity index (χ4v) is 3.57. The molecule has 14 heavy (non-hydrogen) atoms. The average molecular weight is 204 g/mol. The van der Waals surface area contributed by atoms with Gasteiger partial charge in [-0.25, -0.2) is 0 Å². The number of aryl methyl sites for hydroxylation is 1. The van der Waals surface area contributed by atoms with Gasteiger partial charge in [-0.15, -0.1) is 6.58 Å². The fourth-order valence-electron chi connectivity index (χ4n) is 1.62. The Morgan fingerprint density at radius 2 is 1.86 bits per heavy atom. The van der Waals surface area contributed by atoms with Crippen molar-refractivity contribution in [3.8, 4) is 0 Å². The van der Waals surface area contributed by atoms with Gasteiger partial charge >= 0.3 is 0 Å². The smallest absolute Gasteiger partial charge is 0.0514 e. The van der Waals surface area contributed by atoms with Crippen molar-refractivity contribution in [2.24, 2.45) is 0 Å². The minimum absolute atomic E-state index is 1.00. The standard InChI is InChI=1S/C13H20Si/c1-4-11-14(2,3)12-10-13-8-6-5-7-9-13/h4-9H,1,10-12H2,2-3H3. The highest BCUT2D eigenvalue weighted by Crippen LogP contribution is 2.18. The van der Waals surface area contributed by atoms with Crippen LogP contribution >= 0.6 is 0 Å². The summed E-state index contributed by atoms with van der Waals surface area (Å²) in [6.07, 6.45) is 3.31. The van der Waals surface area contributed by atoms with Crippen molar-refractivity contribution in [2.45, 2.75) is 31.6 Å². The van der Waals surface area contributed by atoms with Gasteiger partial charge < -0.3 is 0 Å². The zero-order chi connectivity index (χ0) is 10.4. The van der Waals surface area contributed by atoms with Gasteiger partial charge in [-0.05, 0) is 18.0 Å². The van der Waals surface area contributed by atoms with E-state index in [1.807, 2.05) is 0 Å². The zero-order valence-corrected chi connectivity index (χ0v) is 10.3. The monoisotopic (exact) mass is 204 g/mol. The van der Waals surface area contributed by atoms with Crippen LogP contribution in [0.15, 0.2) is 43.0 Å². The molecule has 0 N–H and O–H groups in total. The lowest BCUT2D eigenvalue weighted by Gasteiger charge is -2.20. The van der Waals surface area contributed by atoms with Crippen LogP contribution in [0.3, 0.4) is 0 Å². The highest BCUT2D eigenvalue weighted by atomic mass is 28.3. The third-order valence-electron chi connectivity index (χ3n) is 2.63. The van der Waals surface area contributed by atoms with E-state index in [0.29, 0.717) is 0 Å². The summed E-state index contributed by atoms with van der Waals surface area (Å²) in [4.78, 5) is 0. The van der Waals surface area contributed by atoms with Gasteiger partial charge in [0.05, 0.1) is 8.07 Å². The highest BCUT2D eigenvalue weighted by Gasteiger charge is 2.17. The number of allylic oxidation sites excluding steroid dienone is 1. The first kappa shape index (κ1) is 11.3. The molecule has 0 saturated carbocycles. The van der Waals surface area contributed by atoms with Crippen molar-refractivity contribution in [1.82, 2.24) is 0 Å². The molecule has 0 aliphatic carbocycles. The Balaban J connectivity index is 2.44. The van der Waals surface area contributed by atoms with E-state index in [2.05, 4.69) is 56.1 Å². The van der Waals surface area contributed by atoms with Crippen LogP contribution in [-0.2, 0) is 6.42 Å².